The van der Waals surface area contributed by atoms with Crippen LogP contribution in [0.1, 0.15) is 59.8 Å². The van der Waals surface area contributed by atoms with Crippen molar-refractivity contribution in [3.8, 4) is 17.4 Å². The third kappa shape index (κ3) is 7.57. The number of aliphatic hydroxyl groups excluding tert-OH is 1. The van der Waals surface area contributed by atoms with Crippen molar-refractivity contribution in [2.75, 3.05) is 6.54 Å². The average molecular weight is 611 g/mol. The maximum atomic E-state index is 13.7. The number of hydrogen-bond acceptors (Lipinski definition) is 10. The molecule has 5 rings (SSSR count). The van der Waals surface area contributed by atoms with Gasteiger partial charge in [0.1, 0.15) is 28.3 Å². The highest BCUT2D eigenvalue weighted by Gasteiger charge is 2.44. The number of carbonyl (C=O) groups is 3. The second-order valence-electron chi connectivity index (χ2n) is 12.0. The number of pyridine rings is 1. The van der Waals surface area contributed by atoms with Gasteiger partial charge in [-0.1, -0.05) is 19.4 Å². The molecule has 3 unspecified atom stereocenters. The third-order valence-corrected chi connectivity index (χ3v) is 7.96. The van der Waals surface area contributed by atoms with Crippen LogP contribution < -0.4 is 15.4 Å². The lowest BCUT2D eigenvalue weighted by atomic mass is 10.0. The number of likely N-dealkylation sites (tertiary alicyclic amines) is 1. The number of nitrogens with zero attached hydrogens (tertiary/aromatic N) is 4. The van der Waals surface area contributed by atoms with Gasteiger partial charge in [-0.25, -0.2) is 9.78 Å². The fourth-order valence-electron chi connectivity index (χ4n) is 4.94. The summed E-state index contributed by atoms with van der Waals surface area (Å²) in [6.45, 7) is 7.24. The van der Waals surface area contributed by atoms with Gasteiger partial charge in [0.2, 0.25) is 11.8 Å². The molecule has 3 aromatic heterocycles. The number of carbonyl (C=O) groups excluding carboxylic acids is 3. The van der Waals surface area contributed by atoms with Crippen molar-refractivity contribution >= 4 is 39.5 Å². The van der Waals surface area contributed by atoms with Crippen LogP contribution in [0, 0.1) is 0 Å². The summed E-state index contributed by atoms with van der Waals surface area (Å²) in [4.78, 5) is 55.3. The predicted octanol–water partition coefficient (Wildman–Crippen LogP) is 3.43. The number of nitrogens with one attached hydrogen (secondary N) is 2. The molecule has 13 heteroatoms. The Balaban J connectivity index is 1.37. The largest absolute Gasteiger partial charge is 0.472 e. The Hall–Kier alpha value is -3.84. The number of hydrogen-bond donors (Lipinski definition) is 3. The van der Waals surface area contributed by atoms with E-state index in [2.05, 4.69) is 25.6 Å². The Labute approximate surface area is 254 Å². The molecule has 0 aromatic carbocycles. The molecule has 1 saturated carbocycles. The molecule has 0 radical (unpaired) electrons. The molecule has 43 heavy (non-hydrogen) atoms. The van der Waals surface area contributed by atoms with Crippen LogP contribution in [0.4, 0.5) is 4.79 Å². The molecular formula is C30H38N6O6S. The maximum Gasteiger partial charge on any atom is 0.411 e. The number of fused-ring (bicyclic) bond motifs is 1. The second kappa shape index (κ2) is 12.8. The van der Waals surface area contributed by atoms with Crippen LogP contribution in [-0.4, -0.2) is 85.3 Å². The standard InChI is InChI=1S/C30H38N6O6S/c1-5-8-20(23(37)26(39)32-17-10-11-17)33-25(38)22-15-18(16-36(22)29(40)42-30(2,3)4)41-27-19-12-14-43-28(19)35-24(34-27)21-9-6-7-13-31-21/h6-7,9,12-14,17-18,20,22-23,37H,5,8,10-11,15-16H2,1-4H3,(H,32,39)(H,33,38)/t18?,20-,22?,23?/m0/s1. The molecular weight excluding hydrogens is 572 g/mol. The fraction of sp³-hybridized carbons (Fsp3) is 0.533. The van der Waals surface area contributed by atoms with Crippen molar-refractivity contribution in [3.05, 3.63) is 35.8 Å². The highest BCUT2D eigenvalue weighted by molar-refractivity contribution is 7.16. The lowest BCUT2D eigenvalue weighted by molar-refractivity contribution is -0.133. The van der Waals surface area contributed by atoms with Crippen LogP contribution >= 0.6 is 11.3 Å². The highest BCUT2D eigenvalue weighted by atomic mass is 32.1. The van der Waals surface area contributed by atoms with Gasteiger partial charge in [0.05, 0.1) is 18.0 Å². The number of ether oxygens (including phenoxy) is 2. The van der Waals surface area contributed by atoms with E-state index < -0.39 is 47.8 Å². The summed E-state index contributed by atoms with van der Waals surface area (Å²) in [7, 11) is 0. The van der Waals surface area contributed by atoms with Crippen molar-refractivity contribution in [2.24, 2.45) is 0 Å². The molecule has 3 aromatic rings. The summed E-state index contributed by atoms with van der Waals surface area (Å²) in [5.41, 5.74) is -0.195. The zero-order chi connectivity index (χ0) is 30.7. The van der Waals surface area contributed by atoms with Gasteiger partial charge in [-0.05, 0) is 63.6 Å². The number of rotatable bonds is 10. The summed E-state index contributed by atoms with van der Waals surface area (Å²) in [6, 6.07) is 5.64. The maximum absolute atomic E-state index is 13.7. The van der Waals surface area contributed by atoms with Crippen LogP contribution in [-0.2, 0) is 14.3 Å². The molecule has 1 aliphatic heterocycles. The monoisotopic (exact) mass is 610 g/mol. The van der Waals surface area contributed by atoms with Crippen LogP contribution in [0.5, 0.6) is 5.88 Å². The molecule has 1 aliphatic carbocycles. The van der Waals surface area contributed by atoms with E-state index in [-0.39, 0.29) is 19.0 Å². The van der Waals surface area contributed by atoms with Crippen LogP contribution in [0.25, 0.3) is 21.7 Å². The van der Waals surface area contributed by atoms with Gasteiger partial charge in [0.25, 0.3) is 5.91 Å². The van der Waals surface area contributed by atoms with Gasteiger partial charge in [0, 0.05) is 18.7 Å². The van der Waals surface area contributed by atoms with E-state index in [1.807, 2.05) is 36.6 Å². The molecule has 2 fully saturated rings. The van der Waals surface area contributed by atoms with Gasteiger partial charge in [-0.15, -0.1) is 11.3 Å². The first-order valence-corrected chi connectivity index (χ1v) is 15.5. The predicted molar refractivity (Wildman–Crippen MR) is 160 cm³/mol. The van der Waals surface area contributed by atoms with Crippen molar-refractivity contribution in [1.29, 1.82) is 0 Å². The van der Waals surface area contributed by atoms with Crippen LogP contribution in [0.2, 0.25) is 0 Å². The molecule has 0 spiro atoms. The lowest BCUT2D eigenvalue weighted by Gasteiger charge is -2.29. The second-order valence-corrected chi connectivity index (χ2v) is 12.9. The molecule has 4 atom stereocenters. The first kappa shape index (κ1) is 30.6. The number of aromatic nitrogens is 3. The van der Waals surface area contributed by atoms with Gasteiger partial charge in [0.15, 0.2) is 11.9 Å². The summed E-state index contributed by atoms with van der Waals surface area (Å²) >= 11 is 1.45. The smallest absolute Gasteiger partial charge is 0.411 e. The molecule has 1 saturated heterocycles. The summed E-state index contributed by atoms with van der Waals surface area (Å²) in [6.07, 6.45) is 1.94. The van der Waals surface area contributed by atoms with Gasteiger partial charge >= 0.3 is 6.09 Å². The summed E-state index contributed by atoms with van der Waals surface area (Å²) in [5, 5.41) is 19.0. The van der Waals surface area contributed by atoms with E-state index in [4.69, 9.17) is 9.47 Å². The lowest BCUT2D eigenvalue weighted by Crippen LogP contribution is -2.55. The third-order valence-electron chi connectivity index (χ3n) is 7.16. The Kier molecular flexibility index (Phi) is 9.11. The fourth-order valence-corrected chi connectivity index (χ4v) is 5.69. The van der Waals surface area contributed by atoms with Crippen molar-refractivity contribution < 1.29 is 29.0 Å². The van der Waals surface area contributed by atoms with Crippen molar-refractivity contribution in [1.82, 2.24) is 30.5 Å². The molecule has 230 valence electrons. The van der Waals surface area contributed by atoms with E-state index in [9.17, 15) is 19.5 Å². The zero-order valence-electron chi connectivity index (χ0n) is 24.8. The van der Waals surface area contributed by atoms with E-state index in [0.29, 0.717) is 35.6 Å². The summed E-state index contributed by atoms with van der Waals surface area (Å²) < 4.78 is 12.0. The van der Waals surface area contributed by atoms with Crippen molar-refractivity contribution in [3.63, 3.8) is 0 Å². The summed E-state index contributed by atoms with van der Waals surface area (Å²) in [5.74, 6) is -0.266. The molecule has 12 nitrogen and oxygen atoms in total. The van der Waals surface area contributed by atoms with E-state index in [1.54, 1.807) is 27.0 Å². The normalized spacial score (nSPS) is 20.0. The van der Waals surface area contributed by atoms with Crippen LogP contribution in [0.3, 0.4) is 0 Å². The Morgan fingerprint density at radius 3 is 2.65 bits per heavy atom. The Morgan fingerprint density at radius 1 is 1.19 bits per heavy atom. The minimum atomic E-state index is -1.41. The number of amides is 3. The Bertz CT molecular complexity index is 1460. The number of aliphatic hydroxyl groups is 1. The van der Waals surface area contributed by atoms with Gasteiger partial charge < -0.3 is 25.2 Å². The highest BCUT2D eigenvalue weighted by Crippen LogP contribution is 2.32. The zero-order valence-corrected chi connectivity index (χ0v) is 25.6. The molecule has 2 aliphatic rings. The first-order valence-electron chi connectivity index (χ1n) is 14.6. The molecule has 0 bridgehead atoms. The van der Waals surface area contributed by atoms with E-state index in [0.717, 1.165) is 17.7 Å². The van der Waals surface area contributed by atoms with Crippen molar-refractivity contribution in [2.45, 2.75) is 95.7 Å². The van der Waals surface area contributed by atoms with Gasteiger partial charge in [-0.3, -0.25) is 19.5 Å². The molecule has 3 N–H and O–H groups in total. The average Bonchev–Trinajstić information content (AvgIpc) is 3.46. The van der Waals surface area contributed by atoms with Crippen LogP contribution in [0.15, 0.2) is 35.8 Å². The minimum absolute atomic E-state index is 0.0741. The van der Waals surface area contributed by atoms with E-state index in [1.165, 1.54) is 16.2 Å². The minimum Gasteiger partial charge on any atom is -0.472 e. The Morgan fingerprint density at radius 2 is 1.98 bits per heavy atom. The van der Waals surface area contributed by atoms with E-state index >= 15 is 0 Å². The SMILES string of the molecule is CCC[C@H](NC(=O)C1CC(Oc2nc(-c3ccccn3)nc3sccc23)CN1C(=O)OC(C)(C)C)C(O)C(=O)NC1CC1. The molecule has 4 heterocycles. The topological polar surface area (TPSA) is 156 Å². The first-order chi connectivity index (χ1) is 20.5. The van der Waals surface area contributed by atoms with Gasteiger partial charge in [-0.2, -0.15) is 4.98 Å². The molecule has 3 amide bonds. The quantitative estimate of drug-likeness (QED) is 0.313. The number of thiophene rings is 1.